The molecule has 5 aromatic carbocycles. The molecule has 0 fully saturated rings. The Morgan fingerprint density at radius 2 is 0.945 bits per heavy atom. The zero-order chi connectivity index (χ0) is 81.3. The van der Waals surface area contributed by atoms with Crippen LogP contribution in [-0.2, 0) is 62.4 Å². The summed E-state index contributed by atoms with van der Waals surface area (Å²) in [6, 6.07) is 25.1. The SMILES string of the molecule is CCS(=O)(=O)Nc1cccc(Oc2cc(=O)n(C)c(Nc3ccc(I)cc3F)c2C(=O)NC)c1C.CNc1cc(=O)n(C)c(=O)n1-c1ccc(I)cc1F.Cn1c(=O)c2c(O)cc(=O)n(C)c2n(-c2ccc(I)cc2F)c1=O.Cn1c(=O)c2c(OS(=O)(=O)C(F)(F)F)cc(=O)n(C)c2n(-c2ccc(I)cc2F)c1=O. The second-order valence-electron chi connectivity index (χ2n) is 22.8. The van der Waals surface area contributed by atoms with Crippen LogP contribution in [0, 0.1) is 44.5 Å². The molecule has 0 atom stereocenters. The highest BCUT2D eigenvalue weighted by Gasteiger charge is 2.49. The number of ether oxygens (including phenoxy) is 1. The fourth-order valence-electron chi connectivity index (χ4n) is 10.1. The minimum Gasteiger partial charge on any atom is -0.507 e. The molecule has 11 rings (SSSR count). The molecule has 0 spiro atoms. The number of fused-ring (bicyclic) bond motifs is 2. The van der Waals surface area contributed by atoms with Gasteiger partial charge in [0.25, 0.3) is 39.3 Å². The van der Waals surface area contributed by atoms with Crippen LogP contribution in [-0.4, -0.2) is 94.3 Å². The van der Waals surface area contributed by atoms with Gasteiger partial charge in [-0.25, -0.2) is 54.1 Å². The first-order valence-electron chi connectivity index (χ1n) is 30.6. The number of carbonyl (C=O) groups is 1. The number of sulfonamides is 1. The standard InChI is InChI=1S/C23H24FIN4O5S.C16H10F4IN3O6S.C15H11FIN3O4.C12H11FIN3O2/c1-5-35(32,33)28-16-7-6-8-18(13(16)2)34-19-12-20(30)29(4)22(21(19)23(31)26-3)27-17-10-9-14(25)11-15(17)24;1-22-11(25)6-10(30-31(28,29)16(18,19)20)12-13(22)24(15(27)23(2)14(12)26)9-4-3-7(21)5-8(9)17;1-18-11(22)6-10(21)12-13(18)20(15(24)19(2)14(12)23)9-4-3-7(17)5-8(9)16;1-15-10-6-11(18)16(2)12(19)17(10)9-4-3-7(14)5-8(9)13/h6-12,27-28H,5H2,1-4H3,(H,26,31);3-6H,1-2H3;3-6,21H,1-2H3;3-6,15H,1-2H3. The van der Waals surface area contributed by atoms with Crippen LogP contribution in [0.4, 0.5) is 53.7 Å². The maximum Gasteiger partial charge on any atom is 0.534 e. The number of anilines is 4. The van der Waals surface area contributed by atoms with Crippen LogP contribution in [0.1, 0.15) is 22.8 Å². The molecule has 576 valence electrons. The summed E-state index contributed by atoms with van der Waals surface area (Å²) in [5.41, 5.74) is -13.7. The number of rotatable bonds is 14. The molecule has 0 aliphatic rings. The quantitative estimate of drug-likeness (QED) is 0.0302. The normalized spacial score (nSPS) is 11.4. The molecule has 0 saturated carbocycles. The maximum absolute atomic E-state index is 14.6. The van der Waals surface area contributed by atoms with Crippen LogP contribution in [0.5, 0.6) is 23.0 Å². The van der Waals surface area contributed by atoms with Crippen LogP contribution in [0.2, 0.25) is 0 Å². The van der Waals surface area contributed by atoms with Crippen molar-refractivity contribution in [1.29, 1.82) is 0 Å². The van der Waals surface area contributed by atoms with Gasteiger partial charge in [-0.2, -0.15) is 21.6 Å². The molecule has 6 heterocycles. The smallest absolute Gasteiger partial charge is 0.507 e. The molecule has 43 heteroatoms. The number of aromatic hydroxyl groups is 1. The van der Waals surface area contributed by atoms with Crippen molar-refractivity contribution in [3.63, 3.8) is 0 Å². The van der Waals surface area contributed by atoms with Crippen molar-refractivity contribution in [3.05, 3.63) is 258 Å². The van der Waals surface area contributed by atoms with Gasteiger partial charge in [0.1, 0.15) is 79.8 Å². The molecule has 0 bridgehead atoms. The summed E-state index contributed by atoms with van der Waals surface area (Å²) in [4.78, 5) is 124. The van der Waals surface area contributed by atoms with E-state index in [0.29, 0.717) is 41.7 Å². The molecule has 109 heavy (non-hydrogen) atoms. The van der Waals surface area contributed by atoms with E-state index in [1.54, 1.807) is 73.0 Å². The van der Waals surface area contributed by atoms with Crippen molar-refractivity contribution in [2.75, 3.05) is 35.2 Å². The van der Waals surface area contributed by atoms with Crippen molar-refractivity contribution < 1.29 is 66.4 Å². The molecule has 11 aromatic rings. The molecule has 0 saturated heterocycles. The monoisotopic (exact) mass is 2010 g/mol. The molecular weight excluding hydrogens is 1950 g/mol. The lowest BCUT2D eigenvalue weighted by Gasteiger charge is -2.20. The molecule has 6 aromatic heterocycles. The van der Waals surface area contributed by atoms with E-state index in [9.17, 15) is 101 Å². The Balaban J connectivity index is 0.000000187. The summed E-state index contributed by atoms with van der Waals surface area (Å²) in [5.74, 6) is -4.83. The first-order valence-corrected chi connectivity index (χ1v) is 38.0. The van der Waals surface area contributed by atoms with Crippen LogP contribution in [0.3, 0.4) is 0 Å². The molecule has 0 aliphatic heterocycles. The van der Waals surface area contributed by atoms with Gasteiger partial charge in [0, 0.05) is 100 Å². The Bertz CT molecular complexity index is 6420. The molecule has 0 aliphatic carbocycles. The third-order valence-electron chi connectivity index (χ3n) is 15.9. The average molecular weight is 2010 g/mol. The first-order chi connectivity index (χ1) is 50.8. The highest BCUT2D eigenvalue weighted by atomic mass is 127. The maximum atomic E-state index is 14.6. The molecule has 5 N–H and O–H groups in total. The number of halogens is 11. The summed E-state index contributed by atoms with van der Waals surface area (Å²) in [7, 11) is 0.532. The van der Waals surface area contributed by atoms with Crippen LogP contribution in [0.15, 0.2) is 158 Å². The summed E-state index contributed by atoms with van der Waals surface area (Å²) < 4.78 is 165. The predicted octanol–water partition coefficient (Wildman–Crippen LogP) is 7.61. The summed E-state index contributed by atoms with van der Waals surface area (Å²) in [6.07, 6.45) is 0. The number of pyridine rings is 3. The number of carbonyl (C=O) groups excluding carboxylic acids is 1. The minimum atomic E-state index is -6.26. The lowest BCUT2D eigenvalue weighted by atomic mass is 10.1. The molecule has 30 nitrogen and oxygen atoms in total. The van der Waals surface area contributed by atoms with Crippen molar-refractivity contribution in [1.82, 2.24) is 46.4 Å². The molecule has 0 unspecified atom stereocenters. The minimum absolute atomic E-state index is 0.0208. The van der Waals surface area contributed by atoms with Gasteiger partial charge in [-0.05, 0) is 189 Å². The van der Waals surface area contributed by atoms with E-state index in [1.165, 1.54) is 95.3 Å². The first kappa shape index (κ1) is 84.7. The van der Waals surface area contributed by atoms with Crippen molar-refractivity contribution >= 4 is 161 Å². The lowest BCUT2D eigenvalue weighted by Crippen LogP contribution is -2.40. The Morgan fingerprint density at radius 3 is 1.41 bits per heavy atom. The van der Waals surface area contributed by atoms with Gasteiger partial charge in [-0.3, -0.25) is 65.7 Å². The largest absolute Gasteiger partial charge is 0.534 e. The third-order valence-corrected chi connectivity index (χ3v) is 20.8. The van der Waals surface area contributed by atoms with Crippen LogP contribution >= 0.6 is 90.4 Å². The molecule has 0 radical (unpaired) electrons. The van der Waals surface area contributed by atoms with Gasteiger partial charge in [0.05, 0.1) is 34.2 Å². The zero-order valence-electron chi connectivity index (χ0n) is 57.7. The number of benzene rings is 5. The second kappa shape index (κ2) is 33.5. The lowest BCUT2D eigenvalue weighted by molar-refractivity contribution is -0.0499. The van der Waals surface area contributed by atoms with E-state index in [1.807, 2.05) is 67.8 Å². The van der Waals surface area contributed by atoms with E-state index < -0.39 is 133 Å². The highest BCUT2D eigenvalue weighted by molar-refractivity contribution is 14.1. The number of hydrogen-bond donors (Lipinski definition) is 5. The Kier molecular flexibility index (Phi) is 26.1. The fraction of sp³-hybridized carbons (Fsp3) is 0.182. The van der Waals surface area contributed by atoms with Gasteiger partial charge in [0.2, 0.25) is 10.0 Å². The number of nitrogens with one attached hydrogen (secondary N) is 4. The van der Waals surface area contributed by atoms with E-state index in [0.717, 1.165) is 64.8 Å². The van der Waals surface area contributed by atoms with E-state index in [-0.39, 0.29) is 62.5 Å². The molecular formula is C66H56F7I4N13O17S2. The van der Waals surface area contributed by atoms with Gasteiger partial charge in [-0.15, -0.1) is 0 Å². The topological polar surface area (TPSA) is 370 Å². The van der Waals surface area contributed by atoms with Crippen molar-refractivity contribution in [3.8, 4) is 40.1 Å². The van der Waals surface area contributed by atoms with Gasteiger partial charge >= 0.3 is 32.7 Å². The van der Waals surface area contributed by atoms with E-state index in [4.69, 9.17) is 4.74 Å². The number of hydrogen-bond acceptors (Lipinski definition) is 19. The molecule has 1 amide bonds. The number of aryl methyl sites for hydroxylation is 2. The highest BCUT2D eigenvalue weighted by Crippen LogP contribution is 2.36. The Hall–Kier alpha value is -9.89. The fourth-order valence-corrected chi connectivity index (χ4v) is 13.1. The van der Waals surface area contributed by atoms with E-state index in [2.05, 4.69) is 24.9 Å². The second-order valence-corrected chi connectivity index (χ2v) is 31.3. The number of alkyl halides is 3. The number of aromatic nitrogens is 9. The van der Waals surface area contributed by atoms with E-state index >= 15 is 0 Å². The van der Waals surface area contributed by atoms with Gasteiger partial charge in [0.15, 0.2) is 5.75 Å². The number of amides is 1. The third kappa shape index (κ3) is 17.7. The predicted molar refractivity (Wildman–Crippen MR) is 424 cm³/mol. The summed E-state index contributed by atoms with van der Waals surface area (Å²) in [5, 5.41) is 17.0. The number of nitrogens with zero attached hydrogens (tertiary/aromatic N) is 9. The van der Waals surface area contributed by atoms with Crippen LogP contribution in [0.25, 0.3) is 39.1 Å². The average Bonchev–Trinajstić information content (AvgIpc) is 0.741. The summed E-state index contributed by atoms with van der Waals surface area (Å²) in [6.45, 7) is 3.15. The van der Waals surface area contributed by atoms with Crippen molar-refractivity contribution in [2.24, 2.45) is 42.3 Å². The summed E-state index contributed by atoms with van der Waals surface area (Å²) >= 11 is 7.66. The van der Waals surface area contributed by atoms with Crippen LogP contribution < -0.4 is 80.0 Å². The van der Waals surface area contributed by atoms with Crippen molar-refractivity contribution in [2.45, 2.75) is 19.4 Å². The zero-order valence-corrected chi connectivity index (χ0v) is 67.9. The van der Waals surface area contributed by atoms with Gasteiger partial charge in [-0.1, -0.05) is 6.07 Å². The Morgan fingerprint density at radius 1 is 0.514 bits per heavy atom. The Labute approximate surface area is 663 Å². The van der Waals surface area contributed by atoms with Gasteiger partial charge < -0.3 is 30.0 Å².